The van der Waals surface area contributed by atoms with Crippen LogP contribution in [-0.2, 0) is 0 Å². The lowest BCUT2D eigenvalue weighted by molar-refractivity contribution is 0.0751. The Balaban J connectivity index is 1.37. The topological polar surface area (TPSA) is 54.3 Å². The van der Waals surface area contributed by atoms with Gasteiger partial charge in [-0.2, -0.15) is 5.10 Å². The first-order chi connectivity index (χ1) is 14.2. The van der Waals surface area contributed by atoms with Gasteiger partial charge >= 0.3 is 0 Å². The fourth-order valence-electron chi connectivity index (χ4n) is 3.73. The van der Waals surface area contributed by atoms with Crippen molar-refractivity contribution >= 4 is 33.3 Å². The third kappa shape index (κ3) is 3.27. The monoisotopic (exact) mass is 403 g/mol. The van der Waals surface area contributed by atoms with Gasteiger partial charge < -0.3 is 9.80 Å². The summed E-state index contributed by atoms with van der Waals surface area (Å²) in [6, 6.07) is 18.0. The Kier molecular flexibility index (Phi) is 4.52. The van der Waals surface area contributed by atoms with Gasteiger partial charge in [0, 0.05) is 37.8 Å². The normalized spacial score (nSPS) is 14.5. The number of pyridine rings is 1. The number of amides is 1. The minimum atomic E-state index is 0.103. The van der Waals surface area contributed by atoms with Gasteiger partial charge in [-0.25, -0.2) is 9.67 Å². The molecular formula is C22H21N5OS. The van der Waals surface area contributed by atoms with Crippen LogP contribution >= 0.6 is 11.3 Å². The third-order valence-electron chi connectivity index (χ3n) is 5.30. The summed E-state index contributed by atoms with van der Waals surface area (Å²) in [5.74, 6) is 1.07. The number of fused-ring (bicyclic) bond motifs is 1. The molecule has 5 rings (SSSR count). The van der Waals surface area contributed by atoms with Crippen molar-refractivity contribution in [1.29, 1.82) is 0 Å². The van der Waals surface area contributed by atoms with Gasteiger partial charge in [-0.05, 0) is 37.3 Å². The number of rotatable bonds is 3. The molecule has 1 aromatic carbocycles. The van der Waals surface area contributed by atoms with E-state index in [0.29, 0.717) is 13.1 Å². The number of carbonyl (C=O) groups excluding carboxylic acids is 1. The average Bonchev–Trinajstić information content (AvgIpc) is 3.35. The van der Waals surface area contributed by atoms with Crippen LogP contribution in [0.25, 0.3) is 15.9 Å². The summed E-state index contributed by atoms with van der Waals surface area (Å²) >= 11 is 1.52. The first kappa shape index (κ1) is 17.9. The zero-order valence-electron chi connectivity index (χ0n) is 16.2. The number of piperazine rings is 1. The molecule has 3 aromatic heterocycles. The molecule has 0 spiro atoms. The fraction of sp³-hybridized carbons (Fsp3) is 0.227. The van der Waals surface area contributed by atoms with E-state index >= 15 is 0 Å². The van der Waals surface area contributed by atoms with Crippen molar-refractivity contribution in [2.24, 2.45) is 0 Å². The van der Waals surface area contributed by atoms with Crippen molar-refractivity contribution in [3.63, 3.8) is 0 Å². The molecule has 0 saturated carbocycles. The number of aromatic nitrogens is 3. The number of aryl methyl sites for hydroxylation is 1. The molecule has 1 saturated heterocycles. The summed E-state index contributed by atoms with van der Waals surface area (Å²) in [7, 11) is 0. The molecule has 1 aliphatic rings. The van der Waals surface area contributed by atoms with Crippen molar-refractivity contribution in [3.8, 4) is 5.69 Å². The molecule has 1 fully saturated rings. The summed E-state index contributed by atoms with van der Waals surface area (Å²) in [6.07, 6.45) is 1.81. The Morgan fingerprint density at radius 2 is 1.76 bits per heavy atom. The molecule has 0 unspecified atom stereocenters. The molecule has 1 amide bonds. The zero-order chi connectivity index (χ0) is 19.8. The second kappa shape index (κ2) is 7.33. The largest absolute Gasteiger partial charge is 0.353 e. The van der Waals surface area contributed by atoms with Crippen LogP contribution in [0.2, 0.25) is 0 Å². The number of para-hydroxylation sites is 1. The lowest BCUT2D eigenvalue weighted by atomic mass is 10.2. The van der Waals surface area contributed by atoms with E-state index in [9.17, 15) is 4.79 Å². The van der Waals surface area contributed by atoms with E-state index in [0.717, 1.165) is 45.4 Å². The van der Waals surface area contributed by atoms with E-state index in [1.807, 2.05) is 77.3 Å². The number of anilines is 1. The predicted octanol–water partition coefficient (Wildman–Crippen LogP) is 3.75. The minimum absolute atomic E-state index is 0.103. The molecule has 1 aliphatic heterocycles. The Morgan fingerprint density at radius 1 is 1.00 bits per heavy atom. The number of benzene rings is 1. The molecule has 0 atom stereocenters. The van der Waals surface area contributed by atoms with Crippen LogP contribution in [0.15, 0.2) is 60.8 Å². The van der Waals surface area contributed by atoms with Crippen LogP contribution in [0.4, 0.5) is 5.82 Å². The summed E-state index contributed by atoms with van der Waals surface area (Å²) in [4.78, 5) is 23.5. The minimum Gasteiger partial charge on any atom is -0.353 e. The van der Waals surface area contributed by atoms with Gasteiger partial charge in [0.15, 0.2) is 0 Å². The zero-order valence-corrected chi connectivity index (χ0v) is 17.0. The number of thiophene rings is 1. The van der Waals surface area contributed by atoms with Crippen LogP contribution in [0.1, 0.15) is 15.4 Å². The SMILES string of the molecule is Cc1nn(-c2ccccc2)c2sc(C(=O)N3CCN(c4ccccn4)CC3)cc12. The maximum absolute atomic E-state index is 13.1. The van der Waals surface area contributed by atoms with Crippen LogP contribution in [-0.4, -0.2) is 51.8 Å². The molecule has 0 aliphatic carbocycles. The number of hydrogen-bond acceptors (Lipinski definition) is 5. The summed E-state index contributed by atoms with van der Waals surface area (Å²) < 4.78 is 1.94. The van der Waals surface area contributed by atoms with Crippen LogP contribution < -0.4 is 4.90 Å². The number of nitrogens with zero attached hydrogens (tertiary/aromatic N) is 5. The summed E-state index contributed by atoms with van der Waals surface area (Å²) in [6.45, 7) is 4.99. The van der Waals surface area contributed by atoms with E-state index in [1.165, 1.54) is 11.3 Å². The molecule has 146 valence electrons. The summed E-state index contributed by atoms with van der Waals surface area (Å²) in [5, 5.41) is 5.72. The average molecular weight is 404 g/mol. The first-order valence-corrected chi connectivity index (χ1v) is 10.5. The predicted molar refractivity (Wildman–Crippen MR) is 116 cm³/mol. The van der Waals surface area contributed by atoms with Crippen molar-refractivity contribution in [2.75, 3.05) is 31.1 Å². The molecule has 0 N–H and O–H groups in total. The standard InChI is InChI=1S/C22H21N5OS/c1-16-18-15-19(29-22(18)27(24-16)17-7-3-2-4-8-17)21(28)26-13-11-25(12-14-26)20-9-5-6-10-23-20/h2-10,15H,11-14H2,1H3. The molecule has 4 aromatic rings. The van der Waals surface area contributed by atoms with Gasteiger partial charge in [0.05, 0.1) is 16.3 Å². The Labute approximate surface area is 173 Å². The van der Waals surface area contributed by atoms with Crippen molar-refractivity contribution in [1.82, 2.24) is 19.7 Å². The van der Waals surface area contributed by atoms with E-state index in [1.54, 1.807) is 0 Å². The van der Waals surface area contributed by atoms with Gasteiger partial charge in [0.1, 0.15) is 10.6 Å². The van der Waals surface area contributed by atoms with E-state index in [4.69, 9.17) is 0 Å². The van der Waals surface area contributed by atoms with Crippen LogP contribution in [0, 0.1) is 6.92 Å². The Hall–Kier alpha value is -3.19. The summed E-state index contributed by atoms with van der Waals surface area (Å²) in [5.41, 5.74) is 1.95. The fourth-order valence-corrected chi connectivity index (χ4v) is 4.88. The highest BCUT2D eigenvalue weighted by molar-refractivity contribution is 7.20. The van der Waals surface area contributed by atoms with Crippen molar-refractivity contribution in [2.45, 2.75) is 6.92 Å². The van der Waals surface area contributed by atoms with Crippen LogP contribution in [0.5, 0.6) is 0 Å². The second-order valence-corrected chi connectivity index (χ2v) is 8.16. The van der Waals surface area contributed by atoms with E-state index in [2.05, 4.69) is 15.0 Å². The molecule has 4 heterocycles. The Morgan fingerprint density at radius 3 is 2.48 bits per heavy atom. The molecule has 0 radical (unpaired) electrons. The maximum Gasteiger partial charge on any atom is 0.264 e. The maximum atomic E-state index is 13.1. The van der Waals surface area contributed by atoms with Gasteiger partial charge in [0.25, 0.3) is 5.91 Å². The second-order valence-electron chi connectivity index (χ2n) is 7.13. The molecular weight excluding hydrogens is 382 g/mol. The molecule has 7 heteroatoms. The molecule has 29 heavy (non-hydrogen) atoms. The lowest BCUT2D eigenvalue weighted by Gasteiger charge is -2.35. The van der Waals surface area contributed by atoms with E-state index in [-0.39, 0.29) is 5.91 Å². The highest BCUT2D eigenvalue weighted by atomic mass is 32.1. The quantitative estimate of drug-likeness (QED) is 0.523. The van der Waals surface area contributed by atoms with Gasteiger partial charge in [-0.3, -0.25) is 4.79 Å². The number of hydrogen-bond donors (Lipinski definition) is 0. The van der Waals surface area contributed by atoms with Gasteiger partial charge in [-0.15, -0.1) is 11.3 Å². The smallest absolute Gasteiger partial charge is 0.264 e. The Bertz CT molecular complexity index is 1140. The number of carbonyl (C=O) groups is 1. The van der Waals surface area contributed by atoms with Crippen LogP contribution in [0.3, 0.4) is 0 Å². The first-order valence-electron chi connectivity index (χ1n) is 9.70. The van der Waals surface area contributed by atoms with Crippen molar-refractivity contribution < 1.29 is 4.79 Å². The highest BCUT2D eigenvalue weighted by Gasteiger charge is 2.25. The lowest BCUT2D eigenvalue weighted by Crippen LogP contribution is -2.48. The molecule has 6 nitrogen and oxygen atoms in total. The molecule has 0 bridgehead atoms. The van der Waals surface area contributed by atoms with Gasteiger partial charge in [0.2, 0.25) is 0 Å². The van der Waals surface area contributed by atoms with Gasteiger partial charge in [-0.1, -0.05) is 24.3 Å². The van der Waals surface area contributed by atoms with E-state index < -0.39 is 0 Å². The third-order valence-corrected chi connectivity index (χ3v) is 6.39. The highest BCUT2D eigenvalue weighted by Crippen LogP contribution is 2.31. The van der Waals surface area contributed by atoms with Crippen molar-refractivity contribution in [3.05, 3.63) is 71.4 Å².